The summed E-state index contributed by atoms with van der Waals surface area (Å²) in [7, 11) is 0. The summed E-state index contributed by atoms with van der Waals surface area (Å²) < 4.78 is 0. The Morgan fingerprint density at radius 1 is 1.08 bits per heavy atom. The highest BCUT2D eigenvalue weighted by Crippen LogP contribution is 2.23. The number of hydrogen-bond acceptors (Lipinski definition) is 5. The Labute approximate surface area is 148 Å². The normalized spacial score (nSPS) is 11.3. The third-order valence-electron chi connectivity index (χ3n) is 3.94. The average Bonchev–Trinajstić information content (AvgIpc) is 2.65. The summed E-state index contributed by atoms with van der Waals surface area (Å²) in [6.45, 7) is 1.75. The van der Waals surface area contributed by atoms with Crippen LogP contribution in [-0.4, -0.2) is 21.6 Å². The lowest BCUT2D eigenvalue weighted by Crippen LogP contribution is -2.19. The molecule has 7 heteroatoms. The first-order valence-corrected chi connectivity index (χ1v) is 7.77. The van der Waals surface area contributed by atoms with Crippen molar-refractivity contribution in [2.24, 2.45) is 5.10 Å². The van der Waals surface area contributed by atoms with Gasteiger partial charge in [-0.1, -0.05) is 42.5 Å². The number of carbonyl (C=O) groups excluding carboxylic acids is 1. The fourth-order valence-corrected chi connectivity index (χ4v) is 2.62. The first-order valence-electron chi connectivity index (χ1n) is 7.77. The number of nitrogens with zero attached hydrogens (tertiary/aromatic N) is 2. The molecule has 0 bridgehead atoms. The van der Waals surface area contributed by atoms with Crippen LogP contribution in [-0.2, 0) is 0 Å². The third kappa shape index (κ3) is 3.36. The Bertz CT molecular complexity index is 1040. The molecule has 7 nitrogen and oxygen atoms in total. The largest absolute Gasteiger partial charge is 0.507 e. The number of nitro benzene ring substituents is 1. The van der Waals surface area contributed by atoms with Gasteiger partial charge < -0.3 is 5.11 Å². The van der Waals surface area contributed by atoms with E-state index in [0.29, 0.717) is 5.71 Å². The van der Waals surface area contributed by atoms with Gasteiger partial charge in [0, 0.05) is 17.7 Å². The standard InChI is InChI=1S/C19H15N3O4/c1-12(15-8-4-6-13-5-2-3-7-16(13)15)20-21-19(24)17-11-14(22(25)26)9-10-18(17)23/h2-11,23H,1H3,(H,21,24)/b20-12-. The molecule has 0 saturated carbocycles. The lowest BCUT2D eigenvalue weighted by molar-refractivity contribution is -0.384. The van der Waals surface area contributed by atoms with Crippen molar-refractivity contribution in [2.45, 2.75) is 6.92 Å². The third-order valence-corrected chi connectivity index (χ3v) is 3.94. The minimum absolute atomic E-state index is 0.214. The van der Waals surface area contributed by atoms with E-state index in [9.17, 15) is 20.0 Å². The van der Waals surface area contributed by atoms with Crippen LogP contribution in [0.2, 0.25) is 0 Å². The number of non-ortho nitro benzene ring substituents is 1. The van der Waals surface area contributed by atoms with E-state index in [1.807, 2.05) is 42.5 Å². The van der Waals surface area contributed by atoms with Gasteiger partial charge in [-0.05, 0) is 23.8 Å². The van der Waals surface area contributed by atoms with Crippen molar-refractivity contribution in [1.29, 1.82) is 0 Å². The lowest BCUT2D eigenvalue weighted by atomic mass is 10.0. The summed E-state index contributed by atoms with van der Waals surface area (Å²) in [4.78, 5) is 22.4. The molecule has 0 aliphatic carbocycles. The molecule has 3 aromatic carbocycles. The lowest BCUT2D eigenvalue weighted by Gasteiger charge is -2.07. The number of fused-ring (bicyclic) bond motifs is 1. The number of benzene rings is 3. The summed E-state index contributed by atoms with van der Waals surface area (Å²) in [5.74, 6) is -1.09. The van der Waals surface area contributed by atoms with Crippen LogP contribution in [0.3, 0.4) is 0 Å². The van der Waals surface area contributed by atoms with Gasteiger partial charge >= 0.3 is 0 Å². The van der Waals surface area contributed by atoms with Crippen LogP contribution < -0.4 is 5.43 Å². The van der Waals surface area contributed by atoms with Crippen molar-refractivity contribution in [1.82, 2.24) is 5.43 Å². The highest BCUT2D eigenvalue weighted by atomic mass is 16.6. The average molecular weight is 349 g/mol. The van der Waals surface area contributed by atoms with Gasteiger partial charge in [0.1, 0.15) is 5.75 Å². The van der Waals surface area contributed by atoms with E-state index >= 15 is 0 Å². The summed E-state index contributed by atoms with van der Waals surface area (Å²) in [5.41, 5.74) is 3.25. The van der Waals surface area contributed by atoms with Crippen molar-refractivity contribution >= 4 is 28.1 Å². The molecule has 0 aromatic heterocycles. The van der Waals surface area contributed by atoms with Crippen molar-refractivity contribution in [3.8, 4) is 5.75 Å². The first-order chi connectivity index (χ1) is 12.5. The summed E-state index contributed by atoms with van der Waals surface area (Å²) in [6.07, 6.45) is 0. The van der Waals surface area contributed by atoms with Gasteiger partial charge in [-0.2, -0.15) is 5.10 Å². The van der Waals surface area contributed by atoms with E-state index in [2.05, 4.69) is 10.5 Å². The Hall–Kier alpha value is -3.74. The molecule has 26 heavy (non-hydrogen) atoms. The zero-order chi connectivity index (χ0) is 18.7. The molecule has 130 valence electrons. The molecule has 0 spiro atoms. The van der Waals surface area contributed by atoms with Crippen LogP contribution in [0.1, 0.15) is 22.8 Å². The van der Waals surface area contributed by atoms with E-state index < -0.39 is 10.8 Å². The maximum atomic E-state index is 12.2. The van der Waals surface area contributed by atoms with E-state index in [1.54, 1.807) is 6.92 Å². The zero-order valence-electron chi connectivity index (χ0n) is 13.8. The van der Waals surface area contributed by atoms with E-state index in [1.165, 1.54) is 0 Å². The number of phenols is 1. The SMILES string of the molecule is C/C(=N/NC(=O)c1cc([N+](=O)[O-])ccc1O)c1cccc2ccccc12. The number of rotatable bonds is 4. The Morgan fingerprint density at radius 3 is 2.58 bits per heavy atom. The van der Waals surface area contributed by atoms with Gasteiger partial charge in [0.05, 0.1) is 16.2 Å². The Balaban J connectivity index is 1.88. The maximum Gasteiger partial charge on any atom is 0.275 e. The highest BCUT2D eigenvalue weighted by Gasteiger charge is 2.16. The van der Waals surface area contributed by atoms with Gasteiger partial charge in [0.25, 0.3) is 11.6 Å². The van der Waals surface area contributed by atoms with Gasteiger partial charge in [0.2, 0.25) is 0 Å². The summed E-state index contributed by atoms with van der Waals surface area (Å²) in [6, 6.07) is 16.8. The van der Waals surface area contributed by atoms with Crippen molar-refractivity contribution in [3.05, 3.63) is 81.9 Å². The highest BCUT2D eigenvalue weighted by molar-refractivity contribution is 6.10. The second kappa shape index (κ2) is 7.02. The monoisotopic (exact) mass is 349 g/mol. The molecular weight excluding hydrogens is 334 g/mol. The number of nitro groups is 1. The number of nitrogens with one attached hydrogen (secondary N) is 1. The number of hydrogen-bond donors (Lipinski definition) is 2. The Kier molecular flexibility index (Phi) is 4.62. The number of amides is 1. The second-order valence-corrected chi connectivity index (χ2v) is 5.62. The van der Waals surface area contributed by atoms with Crippen LogP contribution in [0.25, 0.3) is 10.8 Å². The van der Waals surface area contributed by atoms with Crippen LogP contribution in [0.4, 0.5) is 5.69 Å². The van der Waals surface area contributed by atoms with E-state index in [4.69, 9.17) is 0 Å². The predicted molar refractivity (Wildman–Crippen MR) is 98.4 cm³/mol. The smallest absolute Gasteiger partial charge is 0.275 e. The van der Waals surface area contributed by atoms with E-state index in [-0.39, 0.29) is 17.0 Å². The van der Waals surface area contributed by atoms with Gasteiger partial charge in [-0.15, -0.1) is 0 Å². The number of hydrazone groups is 1. The minimum atomic E-state index is -0.731. The van der Waals surface area contributed by atoms with Crippen LogP contribution in [0, 0.1) is 10.1 Å². The van der Waals surface area contributed by atoms with Crippen LogP contribution >= 0.6 is 0 Å². The van der Waals surface area contributed by atoms with Crippen molar-refractivity contribution < 1.29 is 14.8 Å². The van der Waals surface area contributed by atoms with E-state index in [0.717, 1.165) is 34.5 Å². The topological polar surface area (TPSA) is 105 Å². The van der Waals surface area contributed by atoms with Crippen LogP contribution in [0.5, 0.6) is 5.75 Å². The molecule has 0 atom stereocenters. The summed E-state index contributed by atoms with van der Waals surface area (Å²) >= 11 is 0. The fourth-order valence-electron chi connectivity index (χ4n) is 2.62. The molecule has 0 aliphatic rings. The van der Waals surface area contributed by atoms with Crippen LogP contribution in [0.15, 0.2) is 65.8 Å². The quantitative estimate of drug-likeness (QED) is 0.426. The van der Waals surface area contributed by atoms with Crippen molar-refractivity contribution in [3.63, 3.8) is 0 Å². The molecule has 2 N–H and O–H groups in total. The molecule has 0 saturated heterocycles. The molecule has 0 radical (unpaired) electrons. The first kappa shape index (κ1) is 17.1. The number of aromatic hydroxyl groups is 1. The van der Waals surface area contributed by atoms with Gasteiger partial charge in [-0.3, -0.25) is 14.9 Å². The molecule has 0 fully saturated rings. The fraction of sp³-hybridized carbons (Fsp3) is 0.0526. The molecule has 0 unspecified atom stereocenters. The van der Waals surface area contributed by atoms with Gasteiger partial charge in [0.15, 0.2) is 0 Å². The van der Waals surface area contributed by atoms with Gasteiger partial charge in [-0.25, -0.2) is 5.43 Å². The second-order valence-electron chi connectivity index (χ2n) is 5.62. The van der Waals surface area contributed by atoms with Crippen molar-refractivity contribution in [2.75, 3.05) is 0 Å². The predicted octanol–water partition coefficient (Wildman–Crippen LogP) is 3.61. The molecule has 1 amide bonds. The maximum absolute atomic E-state index is 12.2. The molecule has 0 heterocycles. The molecule has 3 aromatic rings. The molecular formula is C19H15N3O4. The number of carbonyl (C=O) groups is 1. The summed E-state index contributed by atoms with van der Waals surface area (Å²) in [5, 5.41) is 26.7. The Morgan fingerprint density at radius 2 is 1.81 bits per heavy atom. The molecule has 0 aliphatic heterocycles. The minimum Gasteiger partial charge on any atom is -0.507 e. The molecule has 3 rings (SSSR count). The number of phenolic OH excluding ortho intramolecular Hbond substituents is 1. The zero-order valence-corrected chi connectivity index (χ0v) is 13.8.